The summed E-state index contributed by atoms with van der Waals surface area (Å²) in [6.07, 6.45) is 0. The van der Waals surface area contributed by atoms with Gasteiger partial charge in [-0.3, -0.25) is 0 Å². The number of nitrogens with one attached hydrogen (secondary N) is 1. The molecule has 0 atom stereocenters. The normalized spacial score (nSPS) is 10.7. The number of hydrogen-bond donors (Lipinski definition) is 1. The van der Waals surface area contributed by atoms with Crippen molar-refractivity contribution in [2.24, 2.45) is 0 Å². The Hall–Kier alpha value is -2.04. The van der Waals surface area contributed by atoms with Crippen molar-refractivity contribution < 1.29 is 4.42 Å². The van der Waals surface area contributed by atoms with Gasteiger partial charge in [0.15, 0.2) is 0 Å². The van der Waals surface area contributed by atoms with Gasteiger partial charge in [0, 0.05) is 10.7 Å². The van der Waals surface area contributed by atoms with Crippen LogP contribution in [0.3, 0.4) is 0 Å². The van der Waals surface area contributed by atoms with Crippen molar-refractivity contribution in [1.82, 2.24) is 10.2 Å². The van der Waals surface area contributed by atoms with Crippen molar-refractivity contribution in [3.05, 3.63) is 57.6 Å². The Kier molecular flexibility index (Phi) is 4.05. The fourth-order valence-electron chi connectivity index (χ4n) is 2.11. The van der Waals surface area contributed by atoms with E-state index >= 15 is 0 Å². The SMILES string of the molecule is Cc1ccc(Nc2nnc(-c3ccc(Cl)cc3Cl)o2)c(C)c1. The molecule has 0 unspecified atom stereocenters. The first kappa shape index (κ1) is 14.9. The van der Waals surface area contributed by atoms with Crippen molar-refractivity contribution >= 4 is 34.9 Å². The number of benzene rings is 2. The number of aromatic nitrogens is 2. The van der Waals surface area contributed by atoms with Crippen LogP contribution in [0.25, 0.3) is 11.5 Å². The monoisotopic (exact) mass is 333 g/mol. The Bertz CT molecular complexity index is 830. The third kappa shape index (κ3) is 3.08. The fourth-order valence-corrected chi connectivity index (χ4v) is 2.60. The van der Waals surface area contributed by atoms with Crippen LogP contribution < -0.4 is 5.32 Å². The standard InChI is InChI=1S/C16H13Cl2N3O/c1-9-3-6-14(10(2)7-9)19-16-21-20-15(22-16)12-5-4-11(17)8-13(12)18/h3-8H,1-2H3,(H,19,21). The van der Waals surface area contributed by atoms with Crippen LogP contribution in [0.15, 0.2) is 40.8 Å². The molecule has 0 fully saturated rings. The van der Waals surface area contributed by atoms with Gasteiger partial charge in [-0.25, -0.2) is 0 Å². The van der Waals surface area contributed by atoms with E-state index in [0.29, 0.717) is 27.5 Å². The zero-order valence-corrected chi connectivity index (χ0v) is 13.5. The molecule has 4 nitrogen and oxygen atoms in total. The Morgan fingerprint density at radius 2 is 1.82 bits per heavy atom. The molecule has 1 N–H and O–H groups in total. The molecule has 1 aromatic heterocycles. The van der Waals surface area contributed by atoms with Gasteiger partial charge in [-0.05, 0) is 43.7 Å². The number of nitrogens with zero attached hydrogens (tertiary/aromatic N) is 2. The summed E-state index contributed by atoms with van der Waals surface area (Å²) < 4.78 is 5.62. The molecule has 6 heteroatoms. The minimum absolute atomic E-state index is 0.313. The summed E-state index contributed by atoms with van der Waals surface area (Å²) in [5, 5.41) is 12.1. The molecule has 0 saturated carbocycles. The van der Waals surface area contributed by atoms with Crippen molar-refractivity contribution in [3.63, 3.8) is 0 Å². The van der Waals surface area contributed by atoms with E-state index in [2.05, 4.69) is 21.6 Å². The quantitative estimate of drug-likeness (QED) is 0.696. The highest BCUT2D eigenvalue weighted by atomic mass is 35.5. The van der Waals surface area contributed by atoms with E-state index in [1.807, 2.05) is 26.0 Å². The molecule has 0 saturated heterocycles. The highest BCUT2D eigenvalue weighted by molar-refractivity contribution is 6.36. The van der Waals surface area contributed by atoms with Crippen LogP contribution in [0.1, 0.15) is 11.1 Å². The van der Waals surface area contributed by atoms with E-state index in [1.54, 1.807) is 18.2 Å². The van der Waals surface area contributed by atoms with Crippen LogP contribution in [-0.4, -0.2) is 10.2 Å². The van der Waals surface area contributed by atoms with Crippen LogP contribution in [0.2, 0.25) is 10.0 Å². The van der Waals surface area contributed by atoms with Gasteiger partial charge in [0.05, 0.1) is 10.6 Å². The number of hydrogen-bond acceptors (Lipinski definition) is 4. The van der Waals surface area contributed by atoms with Gasteiger partial charge in [-0.1, -0.05) is 46.0 Å². The van der Waals surface area contributed by atoms with E-state index in [1.165, 1.54) is 5.56 Å². The molecule has 2 aromatic carbocycles. The highest BCUT2D eigenvalue weighted by Gasteiger charge is 2.13. The van der Waals surface area contributed by atoms with Gasteiger partial charge in [0.1, 0.15) is 0 Å². The second kappa shape index (κ2) is 5.99. The summed E-state index contributed by atoms with van der Waals surface area (Å²) in [4.78, 5) is 0. The summed E-state index contributed by atoms with van der Waals surface area (Å²) in [7, 11) is 0. The van der Waals surface area contributed by atoms with Gasteiger partial charge in [-0.15, -0.1) is 5.10 Å². The number of aryl methyl sites for hydroxylation is 2. The minimum Gasteiger partial charge on any atom is -0.403 e. The van der Waals surface area contributed by atoms with Gasteiger partial charge in [0.2, 0.25) is 0 Å². The van der Waals surface area contributed by atoms with E-state index in [4.69, 9.17) is 27.6 Å². The summed E-state index contributed by atoms with van der Waals surface area (Å²) in [6, 6.07) is 11.5. The van der Waals surface area contributed by atoms with Crippen molar-refractivity contribution in [2.75, 3.05) is 5.32 Å². The van der Waals surface area contributed by atoms with Crippen LogP contribution in [0, 0.1) is 13.8 Å². The van der Waals surface area contributed by atoms with Gasteiger partial charge < -0.3 is 9.73 Å². The third-order valence-electron chi connectivity index (χ3n) is 3.21. The predicted molar refractivity (Wildman–Crippen MR) is 89.0 cm³/mol. The Labute approximate surface area is 138 Å². The second-order valence-corrected chi connectivity index (χ2v) is 5.82. The van der Waals surface area contributed by atoms with Gasteiger partial charge in [0.25, 0.3) is 5.89 Å². The summed E-state index contributed by atoms with van der Waals surface area (Å²) in [5.41, 5.74) is 3.86. The molecule has 3 aromatic rings. The topological polar surface area (TPSA) is 51.0 Å². The van der Waals surface area contributed by atoms with Crippen LogP contribution in [-0.2, 0) is 0 Å². The Morgan fingerprint density at radius 3 is 2.55 bits per heavy atom. The number of rotatable bonds is 3. The largest absolute Gasteiger partial charge is 0.403 e. The first-order chi connectivity index (χ1) is 10.5. The maximum atomic E-state index is 6.14. The lowest BCUT2D eigenvalue weighted by Gasteiger charge is -2.06. The van der Waals surface area contributed by atoms with E-state index in [-0.39, 0.29) is 0 Å². The molecule has 1 heterocycles. The maximum absolute atomic E-state index is 6.14. The molecular weight excluding hydrogens is 321 g/mol. The average Bonchev–Trinajstić information content (AvgIpc) is 2.90. The molecule has 0 amide bonds. The molecule has 3 rings (SSSR count). The molecule has 0 aliphatic heterocycles. The van der Waals surface area contributed by atoms with Crippen LogP contribution in [0.5, 0.6) is 0 Å². The lowest BCUT2D eigenvalue weighted by molar-refractivity contribution is 0.587. The van der Waals surface area contributed by atoms with Gasteiger partial charge >= 0.3 is 6.01 Å². The van der Waals surface area contributed by atoms with E-state index in [9.17, 15) is 0 Å². The minimum atomic E-state index is 0.313. The molecule has 0 bridgehead atoms. The molecule has 0 aliphatic rings. The lowest BCUT2D eigenvalue weighted by atomic mass is 10.1. The molecule has 22 heavy (non-hydrogen) atoms. The zero-order chi connectivity index (χ0) is 15.7. The van der Waals surface area contributed by atoms with Crippen molar-refractivity contribution in [2.45, 2.75) is 13.8 Å². The van der Waals surface area contributed by atoms with Crippen molar-refractivity contribution in [3.8, 4) is 11.5 Å². The number of halogens is 2. The maximum Gasteiger partial charge on any atom is 0.320 e. The summed E-state index contributed by atoms with van der Waals surface area (Å²) in [6.45, 7) is 4.06. The highest BCUT2D eigenvalue weighted by Crippen LogP contribution is 2.31. The molecule has 0 radical (unpaired) electrons. The van der Waals surface area contributed by atoms with Crippen molar-refractivity contribution in [1.29, 1.82) is 0 Å². The lowest BCUT2D eigenvalue weighted by Crippen LogP contribution is -1.93. The van der Waals surface area contributed by atoms with Gasteiger partial charge in [-0.2, -0.15) is 0 Å². The Morgan fingerprint density at radius 1 is 1.00 bits per heavy atom. The van der Waals surface area contributed by atoms with E-state index in [0.717, 1.165) is 11.3 Å². The smallest absolute Gasteiger partial charge is 0.320 e. The van der Waals surface area contributed by atoms with Crippen LogP contribution in [0.4, 0.5) is 11.7 Å². The van der Waals surface area contributed by atoms with E-state index < -0.39 is 0 Å². The molecule has 112 valence electrons. The first-order valence-electron chi connectivity index (χ1n) is 6.66. The molecule has 0 spiro atoms. The first-order valence-corrected chi connectivity index (χ1v) is 7.42. The van der Waals surface area contributed by atoms with Crippen LogP contribution >= 0.6 is 23.2 Å². The average molecular weight is 334 g/mol. The Balaban J connectivity index is 1.87. The summed E-state index contributed by atoms with van der Waals surface area (Å²) >= 11 is 12.0. The predicted octanol–water partition coefficient (Wildman–Crippen LogP) is 5.40. The second-order valence-electron chi connectivity index (χ2n) is 4.98. The molecule has 0 aliphatic carbocycles. The fraction of sp³-hybridized carbons (Fsp3) is 0.125. The number of anilines is 2. The summed E-state index contributed by atoms with van der Waals surface area (Å²) in [5.74, 6) is 0.342. The third-order valence-corrected chi connectivity index (χ3v) is 3.76. The zero-order valence-electron chi connectivity index (χ0n) is 12.0. The molecular formula is C16H13Cl2N3O.